The molecule has 0 spiro atoms. The van der Waals surface area contributed by atoms with Gasteiger partial charge in [0.15, 0.2) is 0 Å². The lowest BCUT2D eigenvalue weighted by molar-refractivity contribution is 0.0693. The molecule has 0 aliphatic heterocycles. The number of anilines is 1. The molecule has 0 aliphatic rings. The summed E-state index contributed by atoms with van der Waals surface area (Å²) in [7, 11) is 0. The van der Waals surface area contributed by atoms with Crippen LogP contribution in [0, 0.1) is 17.1 Å². The molecule has 0 radical (unpaired) electrons. The SMILES string of the molecule is N#Cc1ccc(Oc2ncc(N)cc2C(=O)O)cc1F. The second-order valence-corrected chi connectivity index (χ2v) is 3.78. The van der Waals surface area contributed by atoms with E-state index in [1.165, 1.54) is 24.4 Å². The van der Waals surface area contributed by atoms with Crippen molar-refractivity contribution in [3.63, 3.8) is 0 Å². The molecular weight excluding hydrogens is 265 g/mol. The number of pyridine rings is 1. The zero-order valence-corrected chi connectivity index (χ0v) is 10.0. The molecule has 100 valence electrons. The molecule has 3 N–H and O–H groups in total. The van der Waals surface area contributed by atoms with E-state index >= 15 is 0 Å². The maximum atomic E-state index is 13.4. The Hall–Kier alpha value is -3.14. The molecule has 1 aromatic carbocycles. The normalized spacial score (nSPS) is 9.80. The lowest BCUT2D eigenvalue weighted by Crippen LogP contribution is -2.03. The molecule has 1 aromatic heterocycles. The Labute approximate surface area is 112 Å². The van der Waals surface area contributed by atoms with E-state index in [4.69, 9.17) is 20.8 Å². The molecule has 0 amide bonds. The molecule has 2 aromatic rings. The van der Waals surface area contributed by atoms with Gasteiger partial charge in [-0.3, -0.25) is 0 Å². The number of carbonyl (C=O) groups is 1. The van der Waals surface area contributed by atoms with Gasteiger partial charge in [0.05, 0.1) is 17.4 Å². The number of aromatic carboxylic acids is 1. The number of carboxylic acids is 1. The summed E-state index contributed by atoms with van der Waals surface area (Å²) in [4.78, 5) is 14.8. The van der Waals surface area contributed by atoms with E-state index in [2.05, 4.69) is 4.98 Å². The zero-order chi connectivity index (χ0) is 14.7. The van der Waals surface area contributed by atoms with Crippen molar-refractivity contribution in [1.29, 1.82) is 5.26 Å². The first-order valence-electron chi connectivity index (χ1n) is 5.37. The summed E-state index contributed by atoms with van der Waals surface area (Å²) >= 11 is 0. The first-order chi connectivity index (χ1) is 9.51. The molecule has 7 heteroatoms. The smallest absolute Gasteiger partial charge is 0.341 e. The number of nitrogens with zero attached hydrogens (tertiary/aromatic N) is 2. The van der Waals surface area contributed by atoms with Gasteiger partial charge >= 0.3 is 5.97 Å². The van der Waals surface area contributed by atoms with Crippen LogP contribution in [0.15, 0.2) is 30.5 Å². The van der Waals surface area contributed by atoms with E-state index in [1.807, 2.05) is 0 Å². The fourth-order valence-corrected chi connectivity index (χ4v) is 1.46. The highest BCUT2D eigenvalue weighted by molar-refractivity contribution is 5.91. The number of rotatable bonds is 3. The molecule has 0 atom stereocenters. The number of hydrogen-bond donors (Lipinski definition) is 2. The number of halogens is 1. The van der Waals surface area contributed by atoms with Gasteiger partial charge in [0.1, 0.15) is 23.2 Å². The predicted molar refractivity (Wildman–Crippen MR) is 66.8 cm³/mol. The van der Waals surface area contributed by atoms with Crippen LogP contribution in [-0.2, 0) is 0 Å². The van der Waals surface area contributed by atoms with Gasteiger partial charge in [-0.2, -0.15) is 5.26 Å². The van der Waals surface area contributed by atoms with Gasteiger partial charge in [0.25, 0.3) is 0 Å². The average Bonchev–Trinajstić information content (AvgIpc) is 2.41. The predicted octanol–water partition coefficient (Wildman–Crippen LogP) is 2.17. The largest absolute Gasteiger partial charge is 0.477 e. The summed E-state index contributed by atoms with van der Waals surface area (Å²) in [5, 5.41) is 17.6. The molecular formula is C13H8FN3O3. The summed E-state index contributed by atoms with van der Waals surface area (Å²) in [5.41, 5.74) is 5.23. The van der Waals surface area contributed by atoms with Gasteiger partial charge in [-0.05, 0) is 18.2 Å². The van der Waals surface area contributed by atoms with Crippen molar-refractivity contribution in [1.82, 2.24) is 4.98 Å². The summed E-state index contributed by atoms with van der Waals surface area (Å²) in [6, 6.07) is 6.39. The fraction of sp³-hybridized carbons (Fsp3) is 0. The Morgan fingerprint density at radius 2 is 2.20 bits per heavy atom. The third kappa shape index (κ3) is 2.64. The average molecular weight is 273 g/mol. The minimum Gasteiger partial charge on any atom is -0.477 e. The number of hydrogen-bond acceptors (Lipinski definition) is 5. The Balaban J connectivity index is 2.38. The van der Waals surface area contributed by atoms with E-state index < -0.39 is 11.8 Å². The minimum atomic E-state index is -1.27. The molecule has 0 saturated heterocycles. The van der Waals surface area contributed by atoms with Crippen LogP contribution in [0.5, 0.6) is 11.6 Å². The molecule has 0 fully saturated rings. The van der Waals surface area contributed by atoms with Gasteiger partial charge in [0.2, 0.25) is 5.88 Å². The number of nitrogen functional groups attached to an aromatic ring is 1. The topological polar surface area (TPSA) is 109 Å². The Morgan fingerprint density at radius 3 is 2.80 bits per heavy atom. The van der Waals surface area contributed by atoms with Gasteiger partial charge in [-0.1, -0.05) is 0 Å². The fourth-order valence-electron chi connectivity index (χ4n) is 1.46. The highest BCUT2D eigenvalue weighted by Gasteiger charge is 2.15. The van der Waals surface area contributed by atoms with Crippen molar-refractivity contribution in [2.45, 2.75) is 0 Å². The summed E-state index contributed by atoms with van der Waals surface area (Å²) in [6.07, 6.45) is 1.22. The number of benzene rings is 1. The third-order valence-corrected chi connectivity index (χ3v) is 2.38. The van der Waals surface area contributed by atoms with Crippen LogP contribution in [0.1, 0.15) is 15.9 Å². The summed E-state index contributed by atoms with van der Waals surface area (Å²) < 4.78 is 18.6. The number of nitrogens with two attached hydrogens (primary N) is 1. The van der Waals surface area contributed by atoms with Crippen LogP contribution in [0.4, 0.5) is 10.1 Å². The van der Waals surface area contributed by atoms with Crippen LogP contribution in [-0.4, -0.2) is 16.1 Å². The van der Waals surface area contributed by atoms with Crippen LogP contribution >= 0.6 is 0 Å². The quantitative estimate of drug-likeness (QED) is 0.886. The molecule has 0 bridgehead atoms. The van der Waals surface area contributed by atoms with Gasteiger partial charge in [-0.25, -0.2) is 14.2 Å². The summed E-state index contributed by atoms with van der Waals surface area (Å²) in [5.74, 6) is -2.22. The Bertz CT molecular complexity index is 725. The van der Waals surface area contributed by atoms with Gasteiger partial charge in [-0.15, -0.1) is 0 Å². The lowest BCUT2D eigenvalue weighted by Gasteiger charge is -2.08. The maximum Gasteiger partial charge on any atom is 0.341 e. The molecule has 2 rings (SSSR count). The minimum absolute atomic E-state index is 0.0290. The van der Waals surface area contributed by atoms with Crippen molar-refractivity contribution >= 4 is 11.7 Å². The van der Waals surface area contributed by atoms with Crippen molar-refractivity contribution in [2.24, 2.45) is 0 Å². The third-order valence-electron chi connectivity index (χ3n) is 2.38. The molecule has 1 heterocycles. The molecule has 20 heavy (non-hydrogen) atoms. The van der Waals surface area contributed by atoms with Crippen LogP contribution in [0.2, 0.25) is 0 Å². The number of ether oxygens (including phenoxy) is 1. The Morgan fingerprint density at radius 1 is 1.45 bits per heavy atom. The Kier molecular flexibility index (Phi) is 3.48. The second-order valence-electron chi connectivity index (χ2n) is 3.78. The van der Waals surface area contributed by atoms with Crippen molar-refractivity contribution in [2.75, 3.05) is 5.73 Å². The van der Waals surface area contributed by atoms with Crippen LogP contribution < -0.4 is 10.5 Å². The van der Waals surface area contributed by atoms with E-state index in [9.17, 15) is 9.18 Å². The standard InChI is InChI=1S/C13H8FN3O3/c14-11-4-9(2-1-7(11)5-15)20-12-10(13(18)19)3-8(16)6-17-12/h1-4,6H,16H2,(H,18,19). The number of aromatic nitrogens is 1. The molecule has 6 nitrogen and oxygen atoms in total. The highest BCUT2D eigenvalue weighted by Crippen LogP contribution is 2.25. The van der Waals surface area contributed by atoms with Gasteiger partial charge < -0.3 is 15.6 Å². The monoisotopic (exact) mass is 273 g/mol. The first kappa shape index (κ1) is 13.3. The van der Waals surface area contributed by atoms with E-state index in [-0.39, 0.29) is 28.4 Å². The number of carboxylic acid groups (broad SMARTS) is 1. The van der Waals surface area contributed by atoms with E-state index in [1.54, 1.807) is 6.07 Å². The highest BCUT2D eigenvalue weighted by atomic mass is 19.1. The first-order valence-corrected chi connectivity index (χ1v) is 5.37. The van der Waals surface area contributed by atoms with Crippen LogP contribution in [0.25, 0.3) is 0 Å². The van der Waals surface area contributed by atoms with E-state index in [0.29, 0.717) is 0 Å². The van der Waals surface area contributed by atoms with Crippen molar-refractivity contribution in [3.8, 4) is 17.7 Å². The molecule has 0 aliphatic carbocycles. The number of nitriles is 1. The van der Waals surface area contributed by atoms with Gasteiger partial charge in [0, 0.05) is 6.07 Å². The maximum absolute atomic E-state index is 13.4. The zero-order valence-electron chi connectivity index (χ0n) is 10.0. The summed E-state index contributed by atoms with van der Waals surface area (Å²) in [6.45, 7) is 0. The molecule has 0 saturated carbocycles. The molecule has 0 unspecified atom stereocenters. The lowest BCUT2D eigenvalue weighted by atomic mass is 10.2. The van der Waals surface area contributed by atoms with Crippen molar-refractivity contribution in [3.05, 3.63) is 47.4 Å². The van der Waals surface area contributed by atoms with Crippen LogP contribution in [0.3, 0.4) is 0 Å². The van der Waals surface area contributed by atoms with Crippen molar-refractivity contribution < 1.29 is 19.0 Å². The van der Waals surface area contributed by atoms with E-state index in [0.717, 1.165) is 6.07 Å². The second kappa shape index (κ2) is 5.24.